The summed E-state index contributed by atoms with van der Waals surface area (Å²) in [5.74, 6) is 5.15. The third kappa shape index (κ3) is 5.17. The Kier molecular flexibility index (Phi) is 5.46. The summed E-state index contributed by atoms with van der Waals surface area (Å²) in [5.41, 5.74) is 1.51. The predicted molar refractivity (Wildman–Crippen MR) is 68.9 cm³/mol. The van der Waals surface area contributed by atoms with E-state index in [0.29, 0.717) is 6.61 Å². The molecule has 0 saturated heterocycles. The van der Waals surface area contributed by atoms with E-state index in [9.17, 15) is 9.59 Å². The second-order valence-corrected chi connectivity index (χ2v) is 3.54. The molecule has 1 rings (SSSR count). The fourth-order valence-electron chi connectivity index (χ4n) is 1.27. The SMILES string of the molecule is CCOC(=O)CC#Cc1ccc(NC(C)=O)cc1. The molecule has 4 heteroatoms. The van der Waals surface area contributed by atoms with Crippen molar-refractivity contribution in [2.75, 3.05) is 11.9 Å². The summed E-state index contributed by atoms with van der Waals surface area (Å²) < 4.78 is 4.75. The van der Waals surface area contributed by atoms with Gasteiger partial charge >= 0.3 is 5.97 Å². The zero-order valence-corrected chi connectivity index (χ0v) is 10.4. The Morgan fingerprint density at radius 2 is 1.94 bits per heavy atom. The summed E-state index contributed by atoms with van der Waals surface area (Å²) in [5, 5.41) is 2.66. The van der Waals surface area contributed by atoms with Crippen molar-refractivity contribution in [1.29, 1.82) is 0 Å². The highest BCUT2D eigenvalue weighted by atomic mass is 16.5. The Balaban J connectivity index is 2.56. The van der Waals surface area contributed by atoms with Gasteiger partial charge in [-0.1, -0.05) is 11.8 Å². The number of esters is 1. The Labute approximate surface area is 106 Å². The molecule has 1 aromatic carbocycles. The first-order valence-corrected chi connectivity index (χ1v) is 5.64. The Hall–Kier alpha value is -2.28. The molecule has 0 aliphatic carbocycles. The van der Waals surface area contributed by atoms with Gasteiger partial charge in [-0.15, -0.1) is 0 Å². The zero-order chi connectivity index (χ0) is 13.4. The molecule has 1 amide bonds. The van der Waals surface area contributed by atoms with E-state index in [1.165, 1.54) is 6.92 Å². The molecule has 94 valence electrons. The maximum Gasteiger partial charge on any atom is 0.317 e. The van der Waals surface area contributed by atoms with Crippen molar-refractivity contribution in [2.45, 2.75) is 20.3 Å². The maximum atomic E-state index is 11.0. The fraction of sp³-hybridized carbons (Fsp3) is 0.286. The molecule has 0 heterocycles. The third-order valence-corrected chi connectivity index (χ3v) is 1.98. The van der Waals surface area contributed by atoms with Crippen LogP contribution in [0, 0.1) is 11.8 Å². The van der Waals surface area contributed by atoms with Crippen molar-refractivity contribution in [2.24, 2.45) is 0 Å². The van der Waals surface area contributed by atoms with Gasteiger partial charge in [0.2, 0.25) is 5.91 Å². The summed E-state index contributed by atoms with van der Waals surface area (Å²) in [7, 11) is 0. The Morgan fingerprint density at radius 3 is 2.50 bits per heavy atom. The number of hydrogen-bond donors (Lipinski definition) is 1. The average Bonchev–Trinajstić information content (AvgIpc) is 2.31. The van der Waals surface area contributed by atoms with E-state index in [0.717, 1.165) is 11.3 Å². The first-order chi connectivity index (χ1) is 8.61. The van der Waals surface area contributed by atoms with E-state index >= 15 is 0 Å². The van der Waals surface area contributed by atoms with Gasteiger partial charge in [-0.25, -0.2) is 0 Å². The van der Waals surface area contributed by atoms with Crippen LogP contribution in [-0.4, -0.2) is 18.5 Å². The van der Waals surface area contributed by atoms with E-state index in [4.69, 9.17) is 4.74 Å². The summed E-state index contributed by atoms with van der Waals surface area (Å²) in [6, 6.07) is 7.08. The molecule has 0 aliphatic rings. The molecule has 0 spiro atoms. The van der Waals surface area contributed by atoms with Crippen molar-refractivity contribution in [3.63, 3.8) is 0 Å². The first-order valence-electron chi connectivity index (χ1n) is 5.64. The predicted octanol–water partition coefficient (Wildman–Crippen LogP) is 1.95. The standard InChI is InChI=1S/C14H15NO3/c1-3-18-14(17)6-4-5-12-7-9-13(10-8-12)15-11(2)16/h7-10H,3,6H2,1-2H3,(H,15,16). The number of amides is 1. The van der Waals surface area contributed by atoms with Crippen LogP contribution >= 0.6 is 0 Å². The molecule has 0 atom stereocenters. The molecule has 18 heavy (non-hydrogen) atoms. The van der Waals surface area contributed by atoms with Crippen LogP contribution in [0.25, 0.3) is 0 Å². The average molecular weight is 245 g/mol. The van der Waals surface area contributed by atoms with Crippen LogP contribution in [0.15, 0.2) is 24.3 Å². The largest absolute Gasteiger partial charge is 0.465 e. The number of hydrogen-bond acceptors (Lipinski definition) is 3. The summed E-state index contributed by atoms with van der Waals surface area (Å²) in [6.07, 6.45) is 0.0846. The van der Waals surface area contributed by atoms with Crippen molar-refractivity contribution in [1.82, 2.24) is 0 Å². The van der Waals surface area contributed by atoms with E-state index in [-0.39, 0.29) is 18.3 Å². The molecule has 0 aliphatic heterocycles. The van der Waals surface area contributed by atoms with Crippen LogP contribution < -0.4 is 5.32 Å². The molecule has 0 saturated carbocycles. The lowest BCUT2D eigenvalue weighted by Crippen LogP contribution is -2.05. The van der Waals surface area contributed by atoms with Gasteiger partial charge in [-0.05, 0) is 31.2 Å². The highest BCUT2D eigenvalue weighted by Crippen LogP contribution is 2.08. The summed E-state index contributed by atoms with van der Waals surface area (Å²) >= 11 is 0. The molecule has 1 aromatic rings. The van der Waals surface area contributed by atoms with Crippen molar-refractivity contribution in [3.05, 3.63) is 29.8 Å². The minimum Gasteiger partial charge on any atom is -0.465 e. The molecule has 0 fully saturated rings. The Bertz CT molecular complexity index is 480. The van der Waals surface area contributed by atoms with E-state index in [2.05, 4.69) is 17.2 Å². The lowest BCUT2D eigenvalue weighted by molar-refractivity contribution is -0.141. The molecule has 0 radical (unpaired) electrons. The number of anilines is 1. The topological polar surface area (TPSA) is 55.4 Å². The van der Waals surface area contributed by atoms with Gasteiger partial charge < -0.3 is 10.1 Å². The monoisotopic (exact) mass is 245 g/mol. The van der Waals surface area contributed by atoms with E-state index < -0.39 is 0 Å². The number of carbonyl (C=O) groups is 2. The zero-order valence-electron chi connectivity index (χ0n) is 10.4. The van der Waals surface area contributed by atoms with Gasteiger partial charge in [0, 0.05) is 18.2 Å². The van der Waals surface area contributed by atoms with Crippen molar-refractivity contribution >= 4 is 17.6 Å². The molecule has 0 bridgehead atoms. The van der Waals surface area contributed by atoms with E-state index in [1.54, 1.807) is 31.2 Å². The molecule has 4 nitrogen and oxygen atoms in total. The Morgan fingerprint density at radius 1 is 1.28 bits per heavy atom. The number of benzene rings is 1. The van der Waals surface area contributed by atoms with Crippen LogP contribution in [0.2, 0.25) is 0 Å². The highest BCUT2D eigenvalue weighted by Gasteiger charge is 1.97. The normalized spacial score (nSPS) is 9.00. The molecule has 1 N–H and O–H groups in total. The second kappa shape index (κ2) is 7.13. The maximum absolute atomic E-state index is 11.0. The molecule has 0 unspecified atom stereocenters. The number of carbonyl (C=O) groups excluding carboxylic acids is 2. The molecular weight excluding hydrogens is 230 g/mol. The van der Waals surface area contributed by atoms with Crippen molar-refractivity contribution < 1.29 is 14.3 Å². The minimum absolute atomic E-state index is 0.0846. The summed E-state index contributed by atoms with van der Waals surface area (Å²) in [4.78, 5) is 21.9. The van der Waals surface area contributed by atoms with Crippen LogP contribution in [0.3, 0.4) is 0 Å². The van der Waals surface area contributed by atoms with Gasteiger partial charge in [0.15, 0.2) is 0 Å². The number of rotatable bonds is 3. The smallest absolute Gasteiger partial charge is 0.317 e. The molecular formula is C14H15NO3. The quantitative estimate of drug-likeness (QED) is 0.654. The second-order valence-electron chi connectivity index (χ2n) is 3.54. The fourth-order valence-corrected chi connectivity index (χ4v) is 1.27. The molecule has 0 aromatic heterocycles. The van der Waals surface area contributed by atoms with E-state index in [1.807, 2.05) is 0 Å². The lowest BCUT2D eigenvalue weighted by atomic mass is 10.2. The van der Waals surface area contributed by atoms with Crippen LogP contribution in [-0.2, 0) is 14.3 Å². The van der Waals surface area contributed by atoms with Gasteiger partial charge in [0.25, 0.3) is 0 Å². The van der Waals surface area contributed by atoms with Gasteiger partial charge in [-0.3, -0.25) is 9.59 Å². The van der Waals surface area contributed by atoms with Crippen LogP contribution in [0.1, 0.15) is 25.8 Å². The van der Waals surface area contributed by atoms with Gasteiger partial charge in [0.1, 0.15) is 6.42 Å². The van der Waals surface area contributed by atoms with Gasteiger partial charge in [-0.2, -0.15) is 0 Å². The van der Waals surface area contributed by atoms with Crippen LogP contribution in [0.4, 0.5) is 5.69 Å². The van der Waals surface area contributed by atoms with Crippen LogP contribution in [0.5, 0.6) is 0 Å². The first kappa shape index (κ1) is 13.8. The van der Waals surface area contributed by atoms with Crippen molar-refractivity contribution in [3.8, 4) is 11.8 Å². The lowest BCUT2D eigenvalue weighted by Gasteiger charge is -2.00. The number of nitrogens with one attached hydrogen (secondary N) is 1. The number of ether oxygens (including phenoxy) is 1. The summed E-state index contributed by atoms with van der Waals surface area (Å²) in [6.45, 7) is 3.57. The minimum atomic E-state index is -0.320. The highest BCUT2D eigenvalue weighted by molar-refractivity contribution is 5.88. The van der Waals surface area contributed by atoms with Gasteiger partial charge in [0.05, 0.1) is 6.61 Å². The third-order valence-electron chi connectivity index (χ3n) is 1.98.